The van der Waals surface area contributed by atoms with Crippen molar-refractivity contribution in [3.63, 3.8) is 0 Å². The molecule has 8 bridgehead atoms. The van der Waals surface area contributed by atoms with E-state index in [4.69, 9.17) is 25.9 Å². The minimum absolute atomic E-state index is 0. The van der Waals surface area contributed by atoms with Crippen molar-refractivity contribution in [2.45, 2.75) is 118 Å². The molecule has 6 heterocycles. The van der Waals surface area contributed by atoms with Gasteiger partial charge in [-0.05, 0) is 116 Å². The van der Waals surface area contributed by atoms with Crippen LogP contribution in [-0.4, -0.2) is 57.8 Å². The van der Waals surface area contributed by atoms with Crippen LogP contribution in [0.3, 0.4) is 0 Å². The Morgan fingerprint density at radius 3 is 2.42 bits per heavy atom. The van der Waals surface area contributed by atoms with Gasteiger partial charge in [-0.15, -0.1) is 0 Å². The first-order valence-electron chi connectivity index (χ1n) is 20.8. The number of guanidine groups is 1. The van der Waals surface area contributed by atoms with Crippen molar-refractivity contribution in [3.05, 3.63) is 106 Å². The van der Waals surface area contributed by atoms with Gasteiger partial charge in [-0.2, -0.15) is 0 Å². The summed E-state index contributed by atoms with van der Waals surface area (Å²) in [7, 11) is -4.82. The molecule has 11 nitrogen and oxygen atoms in total. The molecule has 8 aliphatic rings. The SMILES string of the molecule is NC(N)=NC1(CCC2(O)CCCCC2)Oc2ccc(cc2)CCC(S(=O)(=O)[O-])C2C=C3CC(CC4CC(CO)CC#Cc5cc(O)ccc5C3O4)C2c2ccc1cc2.[Na+]. The molecule has 8 atom stereocenters. The summed E-state index contributed by atoms with van der Waals surface area (Å²) in [6.45, 7) is -0.0681. The van der Waals surface area contributed by atoms with Gasteiger partial charge in [0.2, 0.25) is 5.72 Å². The summed E-state index contributed by atoms with van der Waals surface area (Å²) in [5.74, 6) is 5.50. The standard InChI is InChI=1S/C46H55N3O8S.Na/c47-44(48)49-46(22-21-45(52)19-2-1-3-20-45)35-12-10-31(11-13-35)42-33-24-34(27-40(42)41(58(53,54)55)18-9-29-7-15-37(57-46)16-8-29)43-39-17-14-36(51)25-32(39)6-4-5-30(28-50)23-38(26-33)56-43;/h7-8,10-17,25,27,30,33,38,40-43,50-52H,1-3,5,9,18-24,26,28H2,(H4,47,48,49)(H,53,54,55);/q;+1/p-1. The molecule has 0 radical (unpaired) electrons. The first kappa shape index (κ1) is 43.7. The zero-order valence-corrected chi connectivity index (χ0v) is 36.6. The number of aryl methyl sites for hydroxylation is 1. The number of aliphatic hydroxyl groups excluding tert-OH is 1. The van der Waals surface area contributed by atoms with Gasteiger partial charge in [0.25, 0.3) is 0 Å². The number of aromatic hydroxyl groups is 1. The Morgan fingerprint density at radius 1 is 0.983 bits per heavy atom. The maximum atomic E-state index is 13.5. The fourth-order valence-corrected chi connectivity index (χ4v) is 11.5. The van der Waals surface area contributed by atoms with Crippen LogP contribution in [0.4, 0.5) is 0 Å². The summed E-state index contributed by atoms with van der Waals surface area (Å²) in [6.07, 6.45) is 8.78. The van der Waals surface area contributed by atoms with Crippen molar-refractivity contribution in [2.24, 2.45) is 34.2 Å². The van der Waals surface area contributed by atoms with E-state index in [0.29, 0.717) is 74.7 Å². The molecule has 0 aromatic heterocycles. The van der Waals surface area contributed by atoms with Crippen LogP contribution in [0.1, 0.15) is 117 Å². The van der Waals surface area contributed by atoms with Crippen LogP contribution in [0.2, 0.25) is 0 Å². The van der Waals surface area contributed by atoms with Crippen molar-refractivity contribution in [2.75, 3.05) is 6.61 Å². The molecule has 8 unspecified atom stereocenters. The summed E-state index contributed by atoms with van der Waals surface area (Å²) in [5.41, 5.74) is 14.7. The van der Waals surface area contributed by atoms with Gasteiger partial charge in [0.05, 0.1) is 27.1 Å². The number of hydrogen-bond acceptors (Lipinski definition) is 9. The van der Waals surface area contributed by atoms with Gasteiger partial charge in [0, 0.05) is 36.1 Å². The van der Waals surface area contributed by atoms with Crippen LogP contribution in [-0.2, 0) is 27.0 Å². The fraction of sp³-hybridized carbons (Fsp3) is 0.500. The van der Waals surface area contributed by atoms with E-state index in [9.17, 15) is 28.3 Å². The van der Waals surface area contributed by atoms with Crippen LogP contribution in [0, 0.1) is 29.6 Å². The maximum Gasteiger partial charge on any atom is 1.00 e. The molecule has 1 saturated heterocycles. The van der Waals surface area contributed by atoms with Crippen molar-refractivity contribution in [3.8, 4) is 23.3 Å². The van der Waals surface area contributed by atoms with Gasteiger partial charge in [-0.1, -0.05) is 79.6 Å². The number of aliphatic hydroxyl groups is 2. The predicted molar refractivity (Wildman–Crippen MR) is 220 cm³/mol. The van der Waals surface area contributed by atoms with Crippen LogP contribution in [0.15, 0.2) is 83.4 Å². The monoisotopic (exact) mass is 831 g/mol. The fourth-order valence-electron chi connectivity index (χ4n) is 10.5. The van der Waals surface area contributed by atoms with Gasteiger partial charge in [0.1, 0.15) is 17.6 Å². The van der Waals surface area contributed by atoms with Crippen LogP contribution in [0.25, 0.3) is 0 Å². The molecule has 59 heavy (non-hydrogen) atoms. The van der Waals surface area contributed by atoms with Crippen LogP contribution in [0.5, 0.6) is 11.5 Å². The Balaban J connectivity index is 0.00000528. The zero-order chi connectivity index (χ0) is 40.7. The number of nitrogens with two attached hydrogens (primary N) is 2. The molecule has 1 saturated carbocycles. The van der Waals surface area contributed by atoms with Gasteiger partial charge in [-0.3, -0.25) is 0 Å². The Morgan fingerprint density at radius 2 is 1.73 bits per heavy atom. The molecule has 7 N–H and O–H groups in total. The van der Waals surface area contributed by atoms with Crippen molar-refractivity contribution in [1.82, 2.24) is 0 Å². The molecule has 11 rings (SSSR count). The van der Waals surface area contributed by atoms with Gasteiger partial charge in [-0.25, -0.2) is 13.4 Å². The van der Waals surface area contributed by atoms with E-state index < -0.39 is 38.7 Å². The first-order chi connectivity index (χ1) is 27.8. The Kier molecular flexibility index (Phi) is 13.3. The smallest absolute Gasteiger partial charge is 0.748 e. The third-order valence-corrected chi connectivity index (χ3v) is 14.6. The minimum Gasteiger partial charge on any atom is -0.748 e. The number of hydrogen-bond donors (Lipinski definition) is 5. The largest absolute Gasteiger partial charge is 1.00 e. The summed E-state index contributed by atoms with van der Waals surface area (Å²) in [5, 5.41) is 31.3. The summed E-state index contributed by atoms with van der Waals surface area (Å²) >= 11 is 0. The van der Waals surface area contributed by atoms with Gasteiger partial charge < -0.3 is 40.8 Å². The van der Waals surface area contributed by atoms with E-state index in [0.717, 1.165) is 41.5 Å². The molecule has 2 aliphatic carbocycles. The van der Waals surface area contributed by atoms with Crippen molar-refractivity contribution in [1.29, 1.82) is 0 Å². The summed E-state index contributed by atoms with van der Waals surface area (Å²) < 4.78 is 54.4. The van der Waals surface area contributed by atoms with E-state index in [1.54, 1.807) is 12.1 Å². The second kappa shape index (κ2) is 17.9. The molecule has 308 valence electrons. The van der Waals surface area contributed by atoms with E-state index in [1.165, 1.54) is 0 Å². The summed E-state index contributed by atoms with van der Waals surface area (Å²) in [6, 6.07) is 20.2. The topological polar surface area (TPSA) is 201 Å². The number of allylic oxidation sites excluding steroid dienone is 1. The molecule has 0 amide bonds. The molecule has 2 fully saturated rings. The van der Waals surface area contributed by atoms with E-state index >= 15 is 0 Å². The summed E-state index contributed by atoms with van der Waals surface area (Å²) in [4.78, 5) is 4.76. The maximum absolute atomic E-state index is 13.5. The number of rotatable bonds is 6. The number of phenolic OH excluding ortho intramolecular Hbond substituents is 1. The average molecular weight is 832 g/mol. The molecular formula is C46H54N3NaO8S. The third-order valence-electron chi connectivity index (χ3n) is 13.3. The number of aliphatic imine (C=N–C) groups is 1. The van der Waals surface area contributed by atoms with Crippen molar-refractivity contribution >= 4 is 16.1 Å². The second-order valence-electron chi connectivity index (χ2n) is 17.3. The predicted octanol–water partition coefficient (Wildman–Crippen LogP) is 3.17. The minimum atomic E-state index is -4.82. The number of fused-ring (bicyclic) bond motifs is 7. The zero-order valence-electron chi connectivity index (χ0n) is 33.8. The Bertz CT molecular complexity index is 2210. The number of ether oxygens (including phenoxy) is 2. The molecule has 6 aliphatic heterocycles. The Hall–Kier alpha value is -3.38. The first-order valence-corrected chi connectivity index (χ1v) is 22.2. The van der Waals surface area contributed by atoms with E-state index in [1.807, 2.05) is 60.7 Å². The van der Waals surface area contributed by atoms with Gasteiger partial charge in [0.15, 0.2) is 5.96 Å². The third kappa shape index (κ3) is 9.58. The van der Waals surface area contributed by atoms with Crippen molar-refractivity contribution < 1.29 is 67.3 Å². The molecular weight excluding hydrogens is 778 g/mol. The molecule has 3 aromatic carbocycles. The number of phenols is 1. The quantitative estimate of drug-likeness (QED) is 0.0614. The second-order valence-corrected chi connectivity index (χ2v) is 18.9. The number of nitrogens with zero attached hydrogens (tertiary/aromatic N) is 1. The molecule has 0 spiro atoms. The van der Waals surface area contributed by atoms with Crippen LogP contribution < -0.4 is 45.8 Å². The normalized spacial score (nSPS) is 29.8. The molecule has 3 aromatic rings. The number of benzene rings is 3. The van der Waals surface area contributed by atoms with E-state index in [-0.39, 0.29) is 78.2 Å². The van der Waals surface area contributed by atoms with Crippen LogP contribution >= 0.6 is 0 Å². The van der Waals surface area contributed by atoms with Gasteiger partial charge >= 0.3 is 29.6 Å². The Labute approximate surface area is 369 Å². The van der Waals surface area contributed by atoms with E-state index in [2.05, 4.69) is 11.8 Å². The molecule has 13 heteroatoms. The average Bonchev–Trinajstić information content (AvgIpc) is 3.32.